The van der Waals surface area contributed by atoms with Gasteiger partial charge in [0.1, 0.15) is 0 Å². The van der Waals surface area contributed by atoms with Crippen LogP contribution in [0.3, 0.4) is 0 Å². The molecule has 0 atom stereocenters. The second kappa shape index (κ2) is 15.8. The van der Waals surface area contributed by atoms with Gasteiger partial charge in [0.2, 0.25) is 0 Å². The van der Waals surface area contributed by atoms with Crippen molar-refractivity contribution in [3.8, 4) is 0 Å². The maximum Gasteiger partial charge on any atom is 0.0612 e. The van der Waals surface area contributed by atoms with Crippen molar-refractivity contribution in [2.45, 2.75) is 103 Å². The molecule has 0 aromatic rings. The quantitative estimate of drug-likeness (QED) is 0.258. The Balaban J connectivity index is 3.23. The van der Waals surface area contributed by atoms with Gasteiger partial charge in [0.25, 0.3) is 0 Å². The molecule has 2 nitrogen and oxygen atoms in total. The van der Waals surface area contributed by atoms with Gasteiger partial charge in [0.15, 0.2) is 0 Å². The lowest BCUT2D eigenvalue weighted by Crippen LogP contribution is -2.40. The maximum absolute atomic E-state index is 2.33. The highest BCUT2D eigenvalue weighted by atomic mass is 15.3. The number of hydrogen-bond acceptors (Lipinski definition) is 2. The van der Waals surface area contributed by atoms with Crippen molar-refractivity contribution < 1.29 is 0 Å². The Morgan fingerprint density at radius 2 is 0.818 bits per heavy atom. The summed E-state index contributed by atoms with van der Waals surface area (Å²) in [4.78, 5) is 4.67. The monoisotopic (exact) mass is 312 g/mol. The molecule has 0 fully saturated rings. The molecule has 0 aromatic heterocycles. The third-order valence-corrected chi connectivity index (χ3v) is 4.76. The standard InChI is InChI=1S/C20H44N2/c1-6-7-8-9-10-11-12-13-14-15-16-17-18-19-20(21(2)3)22(4)5/h20H,6-19H2,1-5H3. The van der Waals surface area contributed by atoms with Crippen molar-refractivity contribution >= 4 is 0 Å². The molecule has 0 saturated heterocycles. The molecule has 22 heavy (non-hydrogen) atoms. The van der Waals surface area contributed by atoms with E-state index in [1.165, 1.54) is 89.9 Å². The zero-order valence-corrected chi connectivity index (χ0v) is 16.4. The summed E-state index contributed by atoms with van der Waals surface area (Å²) in [5, 5.41) is 0. The van der Waals surface area contributed by atoms with Crippen molar-refractivity contribution in [1.29, 1.82) is 0 Å². The van der Waals surface area contributed by atoms with Crippen LogP contribution >= 0.6 is 0 Å². The van der Waals surface area contributed by atoms with Gasteiger partial charge >= 0.3 is 0 Å². The third kappa shape index (κ3) is 13.6. The molecule has 0 aliphatic heterocycles. The molecule has 0 heterocycles. The van der Waals surface area contributed by atoms with Crippen LogP contribution in [0.25, 0.3) is 0 Å². The molecule has 0 aliphatic carbocycles. The van der Waals surface area contributed by atoms with Crippen LogP contribution in [0.5, 0.6) is 0 Å². The van der Waals surface area contributed by atoms with Crippen LogP contribution in [0.2, 0.25) is 0 Å². The van der Waals surface area contributed by atoms with E-state index in [2.05, 4.69) is 44.9 Å². The van der Waals surface area contributed by atoms with E-state index in [4.69, 9.17) is 0 Å². The molecular formula is C20H44N2. The van der Waals surface area contributed by atoms with E-state index >= 15 is 0 Å². The fraction of sp³-hybridized carbons (Fsp3) is 1.00. The van der Waals surface area contributed by atoms with E-state index < -0.39 is 0 Å². The fourth-order valence-corrected chi connectivity index (χ4v) is 3.32. The lowest BCUT2D eigenvalue weighted by Gasteiger charge is -2.30. The van der Waals surface area contributed by atoms with E-state index in [0.29, 0.717) is 6.17 Å². The number of rotatable bonds is 16. The van der Waals surface area contributed by atoms with Crippen LogP contribution in [0.1, 0.15) is 96.8 Å². The minimum Gasteiger partial charge on any atom is -0.294 e. The molecule has 0 unspecified atom stereocenters. The summed E-state index contributed by atoms with van der Waals surface area (Å²) >= 11 is 0. The van der Waals surface area contributed by atoms with Crippen molar-refractivity contribution in [3.63, 3.8) is 0 Å². The molecule has 0 radical (unpaired) electrons. The third-order valence-electron chi connectivity index (χ3n) is 4.76. The van der Waals surface area contributed by atoms with E-state index in [1.54, 1.807) is 0 Å². The Morgan fingerprint density at radius 1 is 0.500 bits per heavy atom. The molecule has 0 amide bonds. The molecule has 2 heteroatoms. The van der Waals surface area contributed by atoms with Crippen LogP contribution in [0, 0.1) is 0 Å². The Labute approximate surface area is 141 Å². The molecule has 134 valence electrons. The van der Waals surface area contributed by atoms with Gasteiger partial charge in [-0.15, -0.1) is 0 Å². The smallest absolute Gasteiger partial charge is 0.0612 e. The zero-order valence-electron chi connectivity index (χ0n) is 16.4. The summed E-state index contributed by atoms with van der Waals surface area (Å²) < 4.78 is 0. The van der Waals surface area contributed by atoms with Crippen molar-refractivity contribution in [2.75, 3.05) is 28.2 Å². The first-order valence-electron chi connectivity index (χ1n) is 9.92. The summed E-state index contributed by atoms with van der Waals surface area (Å²) in [5.74, 6) is 0. The van der Waals surface area contributed by atoms with Gasteiger partial charge in [-0.05, 0) is 34.6 Å². The summed E-state index contributed by atoms with van der Waals surface area (Å²) in [6.45, 7) is 2.29. The van der Waals surface area contributed by atoms with E-state index in [-0.39, 0.29) is 0 Å². The van der Waals surface area contributed by atoms with Crippen LogP contribution in [-0.4, -0.2) is 44.2 Å². The Hall–Kier alpha value is -0.0800. The van der Waals surface area contributed by atoms with Gasteiger partial charge in [-0.1, -0.05) is 90.4 Å². The highest BCUT2D eigenvalue weighted by Gasteiger charge is 2.12. The summed E-state index contributed by atoms with van der Waals surface area (Å²) in [7, 11) is 8.75. The first-order chi connectivity index (χ1) is 10.6. The molecule has 0 bridgehead atoms. The van der Waals surface area contributed by atoms with Gasteiger partial charge in [-0.2, -0.15) is 0 Å². The molecule has 0 rings (SSSR count). The van der Waals surface area contributed by atoms with Crippen molar-refractivity contribution in [1.82, 2.24) is 9.80 Å². The summed E-state index contributed by atoms with van der Waals surface area (Å²) in [5.41, 5.74) is 0. The largest absolute Gasteiger partial charge is 0.294 e. The zero-order chi connectivity index (χ0) is 16.6. The van der Waals surface area contributed by atoms with Crippen LogP contribution in [0.15, 0.2) is 0 Å². The Kier molecular flexibility index (Phi) is 15.7. The predicted molar refractivity (Wildman–Crippen MR) is 101 cm³/mol. The van der Waals surface area contributed by atoms with Crippen molar-refractivity contribution in [3.05, 3.63) is 0 Å². The normalized spacial score (nSPS) is 12.0. The van der Waals surface area contributed by atoms with Gasteiger partial charge in [-0.3, -0.25) is 9.80 Å². The minimum absolute atomic E-state index is 0.604. The maximum atomic E-state index is 2.33. The first kappa shape index (κ1) is 21.9. The van der Waals surface area contributed by atoms with E-state index in [0.717, 1.165) is 0 Å². The molecule has 0 aliphatic rings. The lowest BCUT2D eigenvalue weighted by molar-refractivity contribution is 0.117. The number of hydrogen-bond donors (Lipinski definition) is 0. The van der Waals surface area contributed by atoms with Gasteiger partial charge < -0.3 is 0 Å². The van der Waals surface area contributed by atoms with Crippen LogP contribution in [-0.2, 0) is 0 Å². The second-order valence-electron chi connectivity index (χ2n) is 7.44. The second-order valence-corrected chi connectivity index (χ2v) is 7.44. The topological polar surface area (TPSA) is 6.48 Å². The average Bonchev–Trinajstić information content (AvgIpc) is 2.46. The molecule has 0 N–H and O–H groups in total. The highest BCUT2D eigenvalue weighted by molar-refractivity contribution is 4.63. The van der Waals surface area contributed by atoms with Gasteiger partial charge in [0.05, 0.1) is 6.17 Å². The lowest BCUT2D eigenvalue weighted by atomic mass is 10.0. The molecule has 0 saturated carbocycles. The minimum atomic E-state index is 0.604. The van der Waals surface area contributed by atoms with E-state index in [9.17, 15) is 0 Å². The summed E-state index contributed by atoms with van der Waals surface area (Å²) in [6.07, 6.45) is 20.6. The Bertz CT molecular complexity index is 206. The molecule has 0 aromatic carbocycles. The fourth-order valence-electron chi connectivity index (χ4n) is 3.32. The first-order valence-corrected chi connectivity index (χ1v) is 9.92. The SMILES string of the molecule is CCCCCCCCCCCCCCCC(N(C)C)N(C)C. The molecular weight excluding hydrogens is 268 g/mol. The highest BCUT2D eigenvalue weighted by Crippen LogP contribution is 2.14. The number of nitrogens with zero attached hydrogens (tertiary/aromatic N) is 2. The molecule has 0 spiro atoms. The van der Waals surface area contributed by atoms with Crippen molar-refractivity contribution in [2.24, 2.45) is 0 Å². The van der Waals surface area contributed by atoms with Crippen LogP contribution in [0.4, 0.5) is 0 Å². The average molecular weight is 313 g/mol. The predicted octanol–water partition coefficient (Wildman–Crippen LogP) is 5.92. The summed E-state index contributed by atoms with van der Waals surface area (Å²) in [6, 6.07) is 0. The number of unbranched alkanes of at least 4 members (excludes halogenated alkanes) is 12. The Morgan fingerprint density at radius 3 is 1.14 bits per heavy atom. The van der Waals surface area contributed by atoms with Gasteiger partial charge in [0, 0.05) is 0 Å². The van der Waals surface area contributed by atoms with Crippen LogP contribution < -0.4 is 0 Å². The van der Waals surface area contributed by atoms with E-state index in [1.807, 2.05) is 0 Å². The van der Waals surface area contributed by atoms with Gasteiger partial charge in [-0.25, -0.2) is 0 Å².